The Hall–Kier alpha value is -0.830. The SMILES string of the molecule is Cc1cc(C)c([I+]c2ccccc2C(C)(C)C)c(C)c1. The van der Waals surface area contributed by atoms with Gasteiger partial charge >= 0.3 is 21.2 Å². The third-order valence-corrected chi connectivity index (χ3v) is 7.22. The van der Waals surface area contributed by atoms with Crippen LogP contribution in [-0.4, -0.2) is 0 Å². The predicted molar refractivity (Wildman–Crippen MR) is 83.2 cm³/mol. The molecule has 20 heavy (non-hydrogen) atoms. The van der Waals surface area contributed by atoms with Gasteiger partial charge in [0.25, 0.3) is 0 Å². The summed E-state index contributed by atoms with van der Waals surface area (Å²) in [6, 6.07) is 13.6. The normalized spacial score (nSPS) is 11.7. The van der Waals surface area contributed by atoms with Gasteiger partial charge in [-0.2, -0.15) is 0 Å². The molecule has 0 spiro atoms. The van der Waals surface area contributed by atoms with Crippen LogP contribution < -0.4 is 21.2 Å². The van der Waals surface area contributed by atoms with Gasteiger partial charge in [-0.05, 0) is 32.3 Å². The zero-order chi connectivity index (χ0) is 14.9. The van der Waals surface area contributed by atoms with Crippen molar-refractivity contribution in [2.24, 2.45) is 0 Å². The Morgan fingerprint density at radius 3 is 1.95 bits per heavy atom. The summed E-state index contributed by atoms with van der Waals surface area (Å²) in [6.45, 7) is 13.6. The quantitative estimate of drug-likeness (QED) is 0.701. The van der Waals surface area contributed by atoms with Gasteiger partial charge in [0.1, 0.15) is 0 Å². The summed E-state index contributed by atoms with van der Waals surface area (Å²) in [7, 11) is 0. The maximum absolute atomic E-state index is 2.33. The van der Waals surface area contributed by atoms with E-state index in [9.17, 15) is 0 Å². The van der Waals surface area contributed by atoms with E-state index >= 15 is 0 Å². The lowest BCUT2D eigenvalue weighted by Gasteiger charge is -2.18. The highest BCUT2D eigenvalue weighted by atomic mass is 127. The third-order valence-electron chi connectivity index (χ3n) is 3.46. The average Bonchev–Trinajstić information content (AvgIpc) is 2.33. The van der Waals surface area contributed by atoms with Gasteiger partial charge in [-0.1, -0.05) is 56.7 Å². The van der Waals surface area contributed by atoms with Crippen LogP contribution in [-0.2, 0) is 5.41 Å². The summed E-state index contributed by atoms with van der Waals surface area (Å²) in [5, 5.41) is 0. The van der Waals surface area contributed by atoms with Gasteiger partial charge in [0, 0.05) is 16.7 Å². The Kier molecular flexibility index (Phi) is 4.58. The molecule has 0 unspecified atom stereocenters. The molecule has 2 aromatic rings. The minimum atomic E-state index is -0.115. The van der Waals surface area contributed by atoms with E-state index in [2.05, 4.69) is 77.9 Å². The second-order valence-corrected chi connectivity index (χ2v) is 9.32. The molecule has 106 valence electrons. The summed E-state index contributed by atoms with van der Waals surface area (Å²) < 4.78 is 3.15. The van der Waals surface area contributed by atoms with Crippen LogP contribution in [0.15, 0.2) is 36.4 Å². The van der Waals surface area contributed by atoms with E-state index in [0.29, 0.717) is 0 Å². The largest absolute Gasteiger partial charge is 0.358 e. The first kappa shape index (κ1) is 15.6. The summed E-state index contributed by atoms with van der Waals surface area (Å²) in [4.78, 5) is 0. The highest BCUT2D eigenvalue weighted by Gasteiger charge is 2.28. The van der Waals surface area contributed by atoms with Crippen LogP contribution in [0.2, 0.25) is 0 Å². The minimum Gasteiger partial charge on any atom is -0.0616 e. The topological polar surface area (TPSA) is 0 Å². The Balaban J connectivity index is 2.46. The zero-order valence-corrected chi connectivity index (χ0v) is 15.5. The molecule has 0 saturated carbocycles. The van der Waals surface area contributed by atoms with E-state index < -0.39 is 0 Å². The van der Waals surface area contributed by atoms with Crippen molar-refractivity contribution in [3.05, 3.63) is 65.8 Å². The maximum Gasteiger partial charge on any atom is 0.358 e. The van der Waals surface area contributed by atoms with E-state index in [1.54, 1.807) is 7.14 Å². The number of rotatable bonds is 2. The van der Waals surface area contributed by atoms with Crippen LogP contribution in [0, 0.1) is 27.9 Å². The second-order valence-electron chi connectivity index (χ2n) is 6.54. The molecule has 0 aliphatic rings. The molecule has 1 heteroatoms. The van der Waals surface area contributed by atoms with Crippen molar-refractivity contribution in [2.75, 3.05) is 0 Å². The van der Waals surface area contributed by atoms with Crippen LogP contribution in [0.3, 0.4) is 0 Å². The predicted octanol–water partition coefficient (Wildman–Crippen LogP) is 2.04. The van der Waals surface area contributed by atoms with Gasteiger partial charge < -0.3 is 0 Å². The van der Waals surface area contributed by atoms with E-state index in [0.717, 1.165) is 0 Å². The van der Waals surface area contributed by atoms with Crippen molar-refractivity contribution in [3.63, 3.8) is 0 Å². The van der Waals surface area contributed by atoms with Crippen LogP contribution >= 0.6 is 0 Å². The van der Waals surface area contributed by atoms with E-state index in [1.807, 2.05) is 0 Å². The van der Waals surface area contributed by atoms with Gasteiger partial charge in [0.05, 0.1) is 0 Å². The van der Waals surface area contributed by atoms with Gasteiger partial charge in [0.2, 0.25) is 0 Å². The van der Waals surface area contributed by atoms with Gasteiger partial charge in [-0.15, -0.1) is 0 Å². The molecule has 0 radical (unpaired) electrons. The summed E-state index contributed by atoms with van der Waals surface area (Å²) in [6.07, 6.45) is 0. The van der Waals surface area contributed by atoms with Crippen LogP contribution in [0.25, 0.3) is 0 Å². The van der Waals surface area contributed by atoms with Gasteiger partial charge in [0.15, 0.2) is 7.14 Å². The monoisotopic (exact) mass is 379 g/mol. The molecule has 0 aliphatic heterocycles. The lowest BCUT2D eigenvalue weighted by molar-refractivity contribution is -0.599. The second kappa shape index (κ2) is 5.88. The fraction of sp³-hybridized carbons (Fsp3) is 0.368. The van der Waals surface area contributed by atoms with Crippen molar-refractivity contribution >= 4 is 0 Å². The van der Waals surface area contributed by atoms with Crippen molar-refractivity contribution in [3.8, 4) is 0 Å². The molecule has 0 aliphatic carbocycles. The molecule has 0 nitrogen and oxygen atoms in total. The molecule has 2 aromatic carbocycles. The molecule has 2 rings (SSSR count). The Morgan fingerprint density at radius 1 is 0.850 bits per heavy atom. The smallest absolute Gasteiger partial charge is 0.0616 e. The van der Waals surface area contributed by atoms with Crippen LogP contribution in [0.4, 0.5) is 0 Å². The number of halogens is 1. The van der Waals surface area contributed by atoms with Gasteiger partial charge in [-0.25, -0.2) is 0 Å². The molecule has 0 fully saturated rings. The van der Waals surface area contributed by atoms with Gasteiger partial charge in [-0.3, -0.25) is 0 Å². The molecule has 0 heterocycles. The number of hydrogen-bond acceptors (Lipinski definition) is 0. The summed E-state index contributed by atoms with van der Waals surface area (Å²) >= 11 is -0.115. The number of aryl methyl sites for hydroxylation is 3. The Morgan fingerprint density at radius 2 is 1.40 bits per heavy atom. The summed E-state index contributed by atoms with van der Waals surface area (Å²) in [5.74, 6) is 0. The first-order valence-corrected chi connectivity index (χ1v) is 9.27. The van der Waals surface area contributed by atoms with E-state index in [4.69, 9.17) is 0 Å². The maximum atomic E-state index is 2.33. The molecule has 0 amide bonds. The van der Waals surface area contributed by atoms with Crippen LogP contribution in [0.1, 0.15) is 43.0 Å². The van der Waals surface area contributed by atoms with Crippen molar-refractivity contribution in [1.82, 2.24) is 0 Å². The van der Waals surface area contributed by atoms with Crippen molar-refractivity contribution in [1.29, 1.82) is 0 Å². The molecule has 0 aromatic heterocycles. The highest BCUT2D eigenvalue weighted by Crippen LogP contribution is 2.21. The summed E-state index contributed by atoms with van der Waals surface area (Å²) in [5.41, 5.74) is 6.02. The van der Waals surface area contributed by atoms with Crippen molar-refractivity contribution in [2.45, 2.75) is 47.0 Å². The first-order valence-electron chi connectivity index (χ1n) is 7.11. The number of hydrogen-bond donors (Lipinski definition) is 0. The molecular weight excluding hydrogens is 355 g/mol. The Labute approximate surface area is 133 Å². The van der Waals surface area contributed by atoms with E-state index in [-0.39, 0.29) is 26.6 Å². The first-order chi connectivity index (χ1) is 9.29. The lowest BCUT2D eigenvalue weighted by atomic mass is 9.87. The average molecular weight is 379 g/mol. The lowest BCUT2D eigenvalue weighted by Crippen LogP contribution is -3.62. The fourth-order valence-electron chi connectivity index (χ4n) is 2.57. The minimum absolute atomic E-state index is 0.115. The number of benzene rings is 2. The standard InChI is InChI=1S/C19H24I/c1-13-11-14(2)18(15(3)12-13)20-17-10-8-7-9-16(17)19(4,5)6/h7-12H,1-6H3/q+1. The zero-order valence-electron chi connectivity index (χ0n) is 13.3. The third kappa shape index (κ3) is 3.43. The molecule has 0 N–H and O–H groups in total. The van der Waals surface area contributed by atoms with Crippen molar-refractivity contribution < 1.29 is 21.2 Å². The van der Waals surface area contributed by atoms with Crippen LogP contribution in [0.5, 0.6) is 0 Å². The Bertz CT molecular complexity index is 595. The fourth-order valence-corrected chi connectivity index (χ4v) is 5.98. The highest BCUT2D eigenvalue weighted by molar-refractivity contribution is 5.28. The molecule has 0 saturated heterocycles. The van der Waals surface area contributed by atoms with E-state index in [1.165, 1.54) is 22.3 Å². The molecule has 0 bridgehead atoms. The molecule has 0 atom stereocenters. The molecular formula is C19H24I+.